The highest BCUT2D eigenvalue weighted by molar-refractivity contribution is 7.19. The molecule has 142 valence electrons. The van der Waals surface area contributed by atoms with Crippen LogP contribution in [0.1, 0.15) is 29.0 Å². The maximum atomic E-state index is 5.58. The number of fused-ring (bicyclic) bond motifs is 1. The summed E-state index contributed by atoms with van der Waals surface area (Å²) in [4.78, 5) is 8.57. The van der Waals surface area contributed by atoms with Crippen molar-refractivity contribution < 1.29 is 9.47 Å². The second-order valence-corrected chi connectivity index (χ2v) is 8.25. The summed E-state index contributed by atoms with van der Waals surface area (Å²) in [5.41, 5.74) is 2.41. The minimum absolute atomic E-state index is 0.190. The lowest BCUT2D eigenvalue weighted by atomic mass is 9.92. The first-order valence-corrected chi connectivity index (χ1v) is 10.3. The molecule has 3 heterocycles. The number of hydrogen-bond acceptors (Lipinski definition) is 5. The Morgan fingerprint density at radius 3 is 2.78 bits per heavy atom. The molecule has 5 heteroatoms. The quantitative estimate of drug-likeness (QED) is 0.609. The molecule has 1 saturated heterocycles. The third-order valence-electron chi connectivity index (χ3n) is 5.49. The molecule has 0 bridgehead atoms. The Balaban J connectivity index is 1.66. The summed E-state index contributed by atoms with van der Waals surface area (Å²) in [5, 5.41) is 1.34. The number of aromatic nitrogens is 1. The van der Waals surface area contributed by atoms with Gasteiger partial charge in [-0.2, -0.15) is 0 Å². The number of pyridine rings is 1. The van der Waals surface area contributed by atoms with E-state index in [1.165, 1.54) is 20.5 Å². The summed E-state index contributed by atoms with van der Waals surface area (Å²) in [6.07, 6.45) is 3.32. The van der Waals surface area contributed by atoms with E-state index in [0.29, 0.717) is 6.10 Å². The summed E-state index contributed by atoms with van der Waals surface area (Å²) in [6, 6.07) is 12.6. The van der Waals surface area contributed by atoms with E-state index >= 15 is 0 Å². The highest BCUT2D eigenvalue weighted by atomic mass is 32.1. The molecule has 0 spiro atoms. The molecule has 1 aliphatic heterocycles. The largest absolute Gasteiger partial charge is 0.495 e. The molecule has 2 aromatic heterocycles. The lowest BCUT2D eigenvalue weighted by Crippen LogP contribution is -2.52. The molecule has 0 aliphatic carbocycles. The molecule has 1 aromatic carbocycles. The maximum Gasteiger partial charge on any atom is 0.140 e. The van der Waals surface area contributed by atoms with Crippen LogP contribution in [-0.2, 0) is 11.2 Å². The van der Waals surface area contributed by atoms with Crippen LogP contribution in [0.25, 0.3) is 10.1 Å². The van der Waals surface area contributed by atoms with Crippen molar-refractivity contribution in [3.8, 4) is 5.75 Å². The Labute approximate surface area is 164 Å². The number of nitrogens with zero attached hydrogens (tertiary/aromatic N) is 2. The molecule has 3 aromatic rings. The normalized spacial score (nSPS) is 16.4. The van der Waals surface area contributed by atoms with Crippen molar-refractivity contribution in [2.75, 3.05) is 33.9 Å². The van der Waals surface area contributed by atoms with Crippen LogP contribution in [0.5, 0.6) is 5.75 Å². The van der Waals surface area contributed by atoms with E-state index in [9.17, 15) is 0 Å². The first kappa shape index (κ1) is 18.4. The van der Waals surface area contributed by atoms with E-state index in [2.05, 4.69) is 41.1 Å². The van der Waals surface area contributed by atoms with Crippen LogP contribution in [-0.4, -0.2) is 49.8 Å². The van der Waals surface area contributed by atoms with Crippen molar-refractivity contribution in [3.63, 3.8) is 0 Å². The smallest absolute Gasteiger partial charge is 0.140 e. The van der Waals surface area contributed by atoms with Crippen molar-refractivity contribution in [2.24, 2.45) is 0 Å². The minimum atomic E-state index is 0.190. The van der Waals surface area contributed by atoms with Crippen molar-refractivity contribution in [3.05, 3.63) is 58.7 Å². The fourth-order valence-corrected chi connectivity index (χ4v) is 5.22. The van der Waals surface area contributed by atoms with Crippen molar-refractivity contribution in [2.45, 2.75) is 25.4 Å². The fraction of sp³-hybridized carbons (Fsp3) is 0.409. The Bertz CT molecular complexity index is 918. The molecule has 0 unspecified atom stereocenters. The molecule has 4 nitrogen and oxygen atoms in total. The van der Waals surface area contributed by atoms with E-state index in [1.807, 2.05) is 29.7 Å². The lowest BCUT2D eigenvalue weighted by molar-refractivity contribution is -0.0284. The number of thiophene rings is 1. The molecule has 0 N–H and O–H groups in total. The van der Waals surface area contributed by atoms with Gasteiger partial charge in [-0.05, 0) is 35.6 Å². The van der Waals surface area contributed by atoms with Gasteiger partial charge in [0.2, 0.25) is 0 Å². The van der Waals surface area contributed by atoms with Crippen LogP contribution in [0.4, 0.5) is 0 Å². The molecule has 0 saturated carbocycles. The molecule has 1 atom stereocenters. The summed E-state index contributed by atoms with van der Waals surface area (Å²) in [5.74, 6) is 1.05. The predicted molar refractivity (Wildman–Crippen MR) is 111 cm³/mol. The number of rotatable bonds is 7. The third-order valence-corrected chi connectivity index (χ3v) is 6.73. The Kier molecular flexibility index (Phi) is 5.43. The lowest BCUT2D eigenvalue weighted by Gasteiger charge is -2.38. The Morgan fingerprint density at radius 2 is 2.00 bits per heavy atom. The highest BCUT2D eigenvalue weighted by Gasteiger charge is 2.27. The molecular weight excluding hydrogens is 356 g/mol. The standard InChI is InChI=1S/C22H26N2O2S/c1-15(22-18(26-3)8-6-11-23-22)21-17-7-4-5-9-19(17)27-20(21)10-12-24-13-16(14-24)25-2/h4-9,11,15-16H,10,12-14H2,1-3H3/t15-/m1/s1. The fourth-order valence-electron chi connectivity index (χ4n) is 3.93. The van der Waals surface area contributed by atoms with Crippen LogP contribution in [0.3, 0.4) is 0 Å². The number of ether oxygens (including phenoxy) is 2. The number of methoxy groups -OCH3 is 2. The summed E-state index contributed by atoms with van der Waals surface area (Å²) in [7, 11) is 3.52. The minimum Gasteiger partial charge on any atom is -0.495 e. The summed E-state index contributed by atoms with van der Waals surface area (Å²) < 4.78 is 12.3. The number of benzene rings is 1. The van der Waals surface area contributed by atoms with Gasteiger partial charge in [-0.15, -0.1) is 11.3 Å². The molecule has 27 heavy (non-hydrogen) atoms. The van der Waals surface area contributed by atoms with Gasteiger partial charge in [0, 0.05) is 48.4 Å². The van der Waals surface area contributed by atoms with Crippen LogP contribution in [0, 0.1) is 0 Å². The van der Waals surface area contributed by atoms with E-state index in [4.69, 9.17) is 9.47 Å². The van der Waals surface area contributed by atoms with E-state index in [1.54, 1.807) is 14.2 Å². The first-order valence-electron chi connectivity index (χ1n) is 9.45. The molecule has 0 radical (unpaired) electrons. The van der Waals surface area contributed by atoms with E-state index in [-0.39, 0.29) is 5.92 Å². The number of likely N-dealkylation sites (tertiary alicyclic amines) is 1. The Hall–Kier alpha value is -1.95. The van der Waals surface area contributed by atoms with E-state index in [0.717, 1.165) is 37.5 Å². The van der Waals surface area contributed by atoms with Gasteiger partial charge in [0.05, 0.1) is 18.9 Å². The molecule has 1 fully saturated rings. The average Bonchev–Trinajstić information content (AvgIpc) is 3.04. The van der Waals surface area contributed by atoms with Gasteiger partial charge in [-0.3, -0.25) is 9.88 Å². The first-order chi connectivity index (χ1) is 13.2. The van der Waals surface area contributed by atoms with Gasteiger partial charge < -0.3 is 9.47 Å². The van der Waals surface area contributed by atoms with Gasteiger partial charge in [-0.25, -0.2) is 0 Å². The topological polar surface area (TPSA) is 34.6 Å². The molecular formula is C22H26N2O2S. The van der Waals surface area contributed by atoms with Crippen molar-refractivity contribution >= 4 is 21.4 Å². The zero-order valence-corrected chi connectivity index (χ0v) is 17.0. The van der Waals surface area contributed by atoms with Gasteiger partial charge in [0.1, 0.15) is 5.75 Å². The Morgan fingerprint density at radius 1 is 1.19 bits per heavy atom. The van der Waals surface area contributed by atoms with Gasteiger partial charge in [0.15, 0.2) is 0 Å². The highest BCUT2D eigenvalue weighted by Crippen LogP contribution is 2.40. The van der Waals surface area contributed by atoms with Crippen LogP contribution in [0.15, 0.2) is 42.6 Å². The van der Waals surface area contributed by atoms with Crippen LogP contribution < -0.4 is 4.74 Å². The van der Waals surface area contributed by atoms with E-state index < -0.39 is 0 Å². The predicted octanol–water partition coefficient (Wildman–Crippen LogP) is 4.33. The summed E-state index contributed by atoms with van der Waals surface area (Å²) in [6.45, 7) is 5.40. The second-order valence-electron chi connectivity index (χ2n) is 7.11. The zero-order valence-electron chi connectivity index (χ0n) is 16.1. The average molecular weight is 383 g/mol. The summed E-state index contributed by atoms with van der Waals surface area (Å²) >= 11 is 1.92. The monoisotopic (exact) mass is 382 g/mol. The van der Waals surface area contributed by atoms with Crippen molar-refractivity contribution in [1.29, 1.82) is 0 Å². The van der Waals surface area contributed by atoms with Gasteiger partial charge in [-0.1, -0.05) is 25.1 Å². The molecule has 1 aliphatic rings. The van der Waals surface area contributed by atoms with Gasteiger partial charge >= 0.3 is 0 Å². The van der Waals surface area contributed by atoms with Crippen LogP contribution >= 0.6 is 11.3 Å². The van der Waals surface area contributed by atoms with Crippen LogP contribution in [0.2, 0.25) is 0 Å². The SMILES string of the molecule is COc1cccnc1[C@H](C)c1c(CCN2CC(OC)C2)sc2ccccc12. The number of hydrogen-bond donors (Lipinski definition) is 0. The van der Waals surface area contributed by atoms with Gasteiger partial charge in [0.25, 0.3) is 0 Å². The zero-order chi connectivity index (χ0) is 18.8. The molecule has 0 amide bonds. The molecule has 4 rings (SSSR count). The second kappa shape index (κ2) is 7.97. The van der Waals surface area contributed by atoms with Crippen molar-refractivity contribution in [1.82, 2.24) is 9.88 Å². The maximum absolute atomic E-state index is 5.58. The third kappa shape index (κ3) is 3.59.